The standard InChI is InChI=1S/C11H16N4/c1-2-6-15(5-1)11-13-8-9-7-12-4-3-10(9)14-11/h8,12H,1-7H2. The lowest BCUT2D eigenvalue weighted by molar-refractivity contribution is 0.624. The van der Waals surface area contributed by atoms with Gasteiger partial charge in [0.05, 0.1) is 5.69 Å². The fourth-order valence-corrected chi connectivity index (χ4v) is 2.30. The van der Waals surface area contributed by atoms with E-state index in [4.69, 9.17) is 0 Å². The van der Waals surface area contributed by atoms with Crippen LogP contribution in [0.2, 0.25) is 0 Å². The van der Waals surface area contributed by atoms with Gasteiger partial charge in [0.2, 0.25) is 5.95 Å². The highest BCUT2D eigenvalue weighted by Gasteiger charge is 2.17. The van der Waals surface area contributed by atoms with Crippen LogP contribution in [0.3, 0.4) is 0 Å². The van der Waals surface area contributed by atoms with Crippen molar-refractivity contribution < 1.29 is 0 Å². The topological polar surface area (TPSA) is 41.1 Å². The summed E-state index contributed by atoms with van der Waals surface area (Å²) in [5.74, 6) is 0.938. The van der Waals surface area contributed by atoms with Crippen LogP contribution in [0.15, 0.2) is 6.20 Å². The fraction of sp³-hybridized carbons (Fsp3) is 0.636. The molecule has 0 spiro atoms. The summed E-state index contributed by atoms with van der Waals surface area (Å²) in [5.41, 5.74) is 2.51. The average molecular weight is 204 g/mol. The van der Waals surface area contributed by atoms with Crippen molar-refractivity contribution in [2.24, 2.45) is 0 Å². The van der Waals surface area contributed by atoms with Gasteiger partial charge >= 0.3 is 0 Å². The van der Waals surface area contributed by atoms with Gasteiger partial charge in [-0.15, -0.1) is 0 Å². The van der Waals surface area contributed by atoms with Gasteiger partial charge in [-0.25, -0.2) is 9.97 Å². The van der Waals surface area contributed by atoms with E-state index < -0.39 is 0 Å². The van der Waals surface area contributed by atoms with E-state index in [0.29, 0.717) is 0 Å². The molecule has 0 aromatic carbocycles. The Morgan fingerprint density at radius 1 is 1.27 bits per heavy atom. The maximum absolute atomic E-state index is 4.67. The van der Waals surface area contributed by atoms with Gasteiger partial charge in [-0.2, -0.15) is 0 Å². The molecule has 4 heteroatoms. The van der Waals surface area contributed by atoms with Crippen LogP contribution in [0.25, 0.3) is 0 Å². The minimum atomic E-state index is 0.926. The molecule has 0 aliphatic carbocycles. The van der Waals surface area contributed by atoms with Crippen LogP contribution in [0.1, 0.15) is 24.1 Å². The smallest absolute Gasteiger partial charge is 0.225 e. The molecule has 1 N–H and O–H groups in total. The molecule has 1 aromatic rings. The van der Waals surface area contributed by atoms with Gasteiger partial charge in [-0.3, -0.25) is 0 Å². The molecule has 2 aliphatic heterocycles. The van der Waals surface area contributed by atoms with Gasteiger partial charge in [0, 0.05) is 44.4 Å². The van der Waals surface area contributed by atoms with Crippen LogP contribution >= 0.6 is 0 Å². The zero-order valence-corrected chi connectivity index (χ0v) is 8.87. The summed E-state index contributed by atoms with van der Waals surface area (Å²) in [6.07, 6.45) is 5.59. The Morgan fingerprint density at radius 2 is 2.13 bits per heavy atom. The molecule has 0 unspecified atom stereocenters. The predicted octanol–water partition coefficient (Wildman–Crippen LogP) is 0.722. The monoisotopic (exact) mass is 204 g/mol. The summed E-state index contributed by atoms with van der Waals surface area (Å²) in [4.78, 5) is 11.4. The Kier molecular flexibility index (Phi) is 2.29. The van der Waals surface area contributed by atoms with Crippen molar-refractivity contribution in [1.82, 2.24) is 15.3 Å². The van der Waals surface area contributed by atoms with Crippen molar-refractivity contribution in [1.29, 1.82) is 0 Å². The molecule has 3 heterocycles. The lowest BCUT2D eigenvalue weighted by Gasteiger charge is -2.20. The highest BCUT2D eigenvalue weighted by molar-refractivity contribution is 5.35. The minimum absolute atomic E-state index is 0.926. The Balaban J connectivity index is 1.89. The molecule has 80 valence electrons. The van der Waals surface area contributed by atoms with Crippen LogP contribution in [-0.2, 0) is 13.0 Å². The second kappa shape index (κ2) is 3.77. The van der Waals surface area contributed by atoms with E-state index in [0.717, 1.165) is 38.5 Å². The molecule has 1 saturated heterocycles. The molecule has 0 atom stereocenters. The molecule has 0 radical (unpaired) electrons. The normalized spacial score (nSPS) is 20.4. The van der Waals surface area contributed by atoms with Gasteiger partial charge in [0.1, 0.15) is 0 Å². The Bertz CT molecular complexity index is 358. The largest absolute Gasteiger partial charge is 0.341 e. The van der Waals surface area contributed by atoms with Crippen molar-refractivity contribution >= 4 is 5.95 Å². The number of hydrogen-bond acceptors (Lipinski definition) is 4. The van der Waals surface area contributed by atoms with Crippen molar-refractivity contribution in [2.45, 2.75) is 25.8 Å². The number of aromatic nitrogens is 2. The summed E-state index contributed by atoms with van der Waals surface area (Å²) in [6.45, 7) is 4.22. The molecular weight excluding hydrogens is 188 g/mol. The first-order chi connectivity index (χ1) is 7.43. The average Bonchev–Trinajstić information content (AvgIpc) is 2.82. The van der Waals surface area contributed by atoms with E-state index in [2.05, 4.69) is 20.2 Å². The van der Waals surface area contributed by atoms with Crippen molar-refractivity contribution in [3.8, 4) is 0 Å². The van der Waals surface area contributed by atoms with Gasteiger partial charge in [-0.1, -0.05) is 0 Å². The molecule has 3 rings (SSSR count). The lowest BCUT2D eigenvalue weighted by Crippen LogP contribution is -2.27. The molecule has 4 nitrogen and oxygen atoms in total. The van der Waals surface area contributed by atoms with Crippen molar-refractivity contribution in [2.75, 3.05) is 24.5 Å². The second-order valence-corrected chi connectivity index (χ2v) is 4.26. The Labute approximate surface area is 89.7 Å². The lowest BCUT2D eigenvalue weighted by atomic mass is 10.1. The van der Waals surface area contributed by atoms with Crippen LogP contribution in [0.4, 0.5) is 5.95 Å². The quantitative estimate of drug-likeness (QED) is 0.732. The van der Waals surface area contributed by atoms with Crippen LogP contribution < -0.4 is 10.2 Å². The molecule has 15 heavy (non-hydrogen) atoms. The third-order valence-electron chi connectivity index (χ3n) is 3.18. The van der Waals surface area contributed by atoms with Gasteiger partial charge in [0.25, 0.3) is 0 Å². The number of nitrogens with one attached hydrogen (secondary N) is 1. The van der Waals surface area contributed by atoms with Gasteiger partial charge < -0.3 is 10.2 Å². The van der Waals surface area contributed by atoms with Crippen LogP contribution in [-0.4, -0.2) is 29.6 Å². The third-order valence-corrected chi connectivity index (χ3v) is 3.18. The van der Waals surface area contributed by atoms with Crippen molar-refractivity contribution in [3.05, 3.63) is 17.5 Å². The number of fused-ring (bicyclic) bond motifs is 1. The molecule has 1 fully saturated rings. The van der Waals surface area contributed by atoms with E-state index in [9.17, 15) is 0 Å². The number of nitrogens with zero attached hydrogens (tertiary/aromatic N) is 3. The summed E-state index contributed by atoms with van der Waals surface area (Å²) in [7, 11) is 0. The highest BCUT2D eigenvalue weighted by Crippen LogP contribution is 2.18. The summed E-state index contributed by atoms with van der Waals surface area (Å²) in [6, 6.07) is 0. The fourth-order valence-electron chi connectivity index (χ4n) is 2.30. The maximum atomic E-state index is 4.67. The zero-order chi connectivity index (χ0) is 10.1. The zero-order valence-electron chi connectivity index (χ0n) is 8.87. The van der Waals surface area contributed by atoms with E-state index in [-0.39, 0.29) is 0 Å². The minimum Gasteiger partial charge on any atom is -0.341 e. The summed E-state index contributed by atoms with van der Waals surface area (Å²) < 4.78 is 0. The van der Waals surface area contributed by atoms with E-state index in [1.165, 1.54) is 24.1 Å². The van der Waals surface area contributed by atoms with E-state index in [1.807, 2.05) is 6.20 Å². The van der Waals surface area contributed by atoms with Gasteiger partial charge in [-0.05, 0) is 12.8 Å². The van der Waals surface area contributed by atoms with E-state index in [1.54, 1.807) is 0 Å². The second-order valence-electron chi connectivity index (χ2n) is 4.26. The van der Waals surface area contributed by atoms with Gasteiger partial charge in [0.15, 0.2) is 0 Å². The first kappa shape index (κ1) is 9.09. The predicted molar refractivity (Wildman–Crippen MR) is 58.9 cm³/mol. The molecule has 0 amide bonds. The number of hydrogen-bond donors (Lipinski definition) is 1. The Hall–Kier alpha value is -1.16. The van der Waals surface area contributed by atoms with Crippen LogP contribution in [0.5, 0.6) is 0 Å². The SMILES string of the molecule is c1nc(N2CCCC2)nc2c1CNCC2. The molecule has 1 aromatic heterocycles. The first-order valence-electron chi connectivity index (χ1n) is 5.74. The molecule has 0 saturated carbocycles. The van der Waals surface area contributed by atoms with E-state index >= 15 is 0 Å². The van der Waals surface area contributed by atoms with Crippen LogP contribution in [0, 0.1) is 0 Å². The molecule has 0 bridgehead atoms. The number of rotatable bonds is 1. The third kappa shape index (κ3) is 1.69. The van der Waals surface area contributed by atoms with Crippen molar-refractivity contribution in [3.63, 3.8) is 0 Å². The molecular formula is C11H16N4. The highest BCUT2D eigenvalue weighted by atomic mass is 15.3. The molecule has 2 aliphatic rings. The first-order valence-corrected chi connectivity index (χ1v) is 5.74. The Morgan fingerprint density at radius 3 is 3.00 bits per heavy atom. The number of anilines is 1. The summed E-state index contributed by atoms with van der Waals surface area (Å²) >= 11 is 0. The summed E-state index contributed by atoms with van der Waals surface area (Å²) in [5, 5.41) is 3.34. The maximum Gasteiger partial charge on any atom is 0.225 e.